The van der Waals surface area contributed by atoms with Gasteiger partial charge in [-0.25, -0.2) is 4.39 Å². The Morgan fingerprint density at radius 3 is 2.90 bits per heavy atom. The maximum absolute atomic E-state index is 13.2. The third-order valence-corrected chi connectivity index (χ3v) is 4.20. The quantitative estimate of drug-likeness (QED) is 0.921. The molecule has 1 N–H and O–H groups in total. The number of amides is 1. The smallest absolute Gasteiger partial charge is 0.227 e. The van der Waals surface area contributed by atoms with Gasteiger partial charge in [0.1, 0.15) is 11.9 Å². The normalized spacial score (nSPS) is 25.6. The van der Waals surface area contributed by atoms with Crippen LogP contribution in [-0.4, -0.2) is 48.3 Å². The fraction of sp³-hybridized carbons (Fsp3) is 0.562. The van der Waals surface area contributed by atoms with Gasteiger partial charge in [-0.3, -0.25) is 4.79 Å². The third-order valence-electron chi connectivity index (χ3n) is 4.20. The van der Waals surface area contributed by atoms with Crippen LogP contribution in [0.15, 0.2) is 24.3 Å². The summed E-state index contributed by atoms with van der Waals surface area (Å²) in [5.74, 6) is -0.471. The van der Waals surface area contributed by atoms with E-state index in [1.165, 1.54) is 12.1 Å². The largest absolute Gasteiger partial charge is 0.388 e. The van der Waals surface area contributed by atoms with E-state index in [0.717, 1.165) is 19.3 Å². The first-order valence-electron chi connectivity index (χ1n) is 7.24. The molecule has 1 amide bonds. The molecule has 0 saturated heterocycles. The molecule has 0 bridgehead atoms. The molecule has 4 nitrogen and oxygen atoms in total. The summed E-state index contributed by atoms with van der Waals surface area (Å²) in [5.41, 5.74) is 0.639. The van der Waals surface area contributed by atoms with Crippen LogP contribution in [0.25, 0.3) is 0 Å². The molecule has 0 unspecified atom stereocenters. The van der Waals surface area contributed by atoms with Crippen LogP contribution < -0.4 is 0 Å². The molecule has 2 rings (SSSR count). The number of ether oxygens (including phenoxy) is 1. The number of likely N-dealkylation sites (N-methyl/N-ethyl adjacent to an activating group) is 1. The van der Waals surface area contributed by atoms with Crippen LogP contribution in [0, 0.1) is 5.82 Å². The highest BCUT2D eigenvalue weighted by atomic mass is 19.1. The van der Waals surface area contributed by atoms with Gasteiger partial charge in [-0.05, 0) is 37.0 Å². The predicted octanol–water partition coefficient (Wildman–Crippen LogP) is 1.75. The number of benzene rings is 1. The van der Waals surface area contributed by atoms with Gasteiger partial charge in [-0.15, -0.1) is 0 Å². The molecule has 0 radical (unpaired) electrons. The van der Waals surface area contributed by atoms with Crippen molar-refractivity contribution in [1.29, 1.82) is 0 Å². The number of carbonyl (C=O) groups is 1. The summed E-state index contributed by atoms with van der Waals surface area (Å²) in [5, 5.41) is 10.3. The Bertz CT molecular complexity index is 494. The van der Waals surface area contributed by atoms with Crippen LogP contribution in [0.3, 0.4) is 0 Å². The van der Waals surface area contributed by atoms with Gasteiger partial charge in [0.2, 0.25) is 5.91 Å². The molecular weight excluding hydrogens is 273 g/mol. The summed E-state index contributed by atoms with van der Waals surface area (Å²) in [6.45, 7) is 0. The van der Waals surface area contributed by atoms with Gasteiger partial charge < -0.3 is 14.7 Å². The number of hydrogen-bond acceptors (Lipinski definition) is 3. The van der Waals surface area contributed by atoms with E-state index in [-0.39, 0.29) is 30.3 Å². The van der Waals surface area contributed by atoms with Gasteiger partial charge in [0.25, 0.3) is 0 Å². The Balaban J connectivity index is 2.01. The van der Waals surface area contributed by atoms with Crippen molar-refractivity contribution in [2.24, 2.45) is 0 Å². The number of methoxy groups -OCH3 is 1. The number of aliphatic hydroxyl groups is 1. The molecule has 21 heavy (non-hydrogen) atoms. The number of carbonyl (C=O) groups excluding carboxylic acids is 1. The summed E-state index contributed by atoms with van der Waals surface area (Å²) in [7, 11) is 3.26. The second-order valence-electron chi connectivity index (χ2n) is 5.57. The van der Waals surface area contributed by atoms with Gasteiger partial charge >= 0.3 is 0 Å². The summed E-state index contributed by atoms with van der Waals surface area (Å²) in [4.78, 5) is 13.9. The molecule has 1 aromatic carbocycles. The molecule has 1 saturated carbocycles. The topological polar surface area (TPSA) is 49.8 Å². The second-order valence-corrected chi connectivity index (χ2v) is 5.57. The predicted molar refractivity (Wildman–Crippen MR) is 77.3 cm³/mol. The number of rotatable bonds is 4. The standard InChI is InChI=1S/C16H22FNO3/c1-18(13-7-4-8-14(21-2)16(13)20)15(19)10-11-5-3-6-12(17)9-11/h3,5-6,9,13-14,16,20H,4,7-8,10H2,1-2H3/t13-,14-,16-/m1/s1. The molecule has 0 spiro atoms. The van der Waals surface area contributed by atoms with Crippen LogP contribution >= 0.6 is 0 Å². The molecule has 1 aliphatic rings. The first kappa shape index (κ1) is 15.9. The molecular formula is C16H22FNO3. The van der Waals surface area contributed by atoms with Crippen molar-refractivity contribution in [3.05, 3.63) is 35.6 Å². The monoisotopic (exact) mass is 295 g/mol. The average molecular weight is 295 g/mol. The number of hydrogen-bond donors (Lipinski definition) is 1. The maximum Gasteiger partial charge on any atom is 0.227 e. The lowest BCUT2D eigenvalue weighted by Crippen LogP contribution is -2.52. The zero-order valence-electron chi connectivity index (χ0n) is 12.5. The Hall–Kier alpha value is -1.46. The van der Waals surface area contributed by atoms with E-state index >= 15 is 0 Å². The SMILES string of the molecule is CO[C@@H]1CCC[C@@H](N(C)C(=O)Cc2cccc(F)c2)[C@H]1O. The molecule has 1 fully saturated rings. The Morgan fingerprint density at radius 1 is 1.48 bits per heavy atom. The van der Waals surface area contributed by atoms with Gasteiger partial charge in [-0.2, -0.15) is 0 Å². The fourth-order valence-corrected chi connectivity index (χ4v) is 2.93. The van der Waals surface area contributed by atoms with Crippen molar-refractivity contribution in [2.45, 2.75) is 43.9 Å². The van der Waals surface area contributed by atoms with Gasteiger partial charge in [0.15, 0.2) is 0 Å². The van der Waals surface area contributed by atoms with E-state index < -0.39 is 6.10 Å². The van der Waals surface area contributed by atoms with E-state index in [1.807, 2.05) is 0 Å². The molecule has 0 aromatic heterocycles. The summed E-state index contributed by atoms with van der Waals surface area (Å²) in [6, 6.07) is 5.79. The van der Waals surface area contributed by atoms with Crippen LogP contribution in [0.5, 0.6) is 0 Å². The molecule has 0 heterocycles. The molecule has 1 aliphatic carbocycles. The molecule has 116 valence electrons. The summed E-state index contributed by atoms with van der Waals surface area (Å²) >= 11 is 0. The van der Waals surface area contributed by atoms with Crippen molar-refractivity contribution < 1.29 is 19.0 Å². The van der Waals surface area contributed by atoms with E-state index in [2.05, 4.69) is 0 Å². The number of nitrogens with zero attached hydrogens (tertiary/aromatic N) is 1. The summed E-state index contributed by atoms with van der Waals surface area (Å²) < 4.78 is 18.4. The Morgan fingerprint density at radius 2 is 2.24 bits per heavy atom. The third kappa shape index (κ3) is 3.80. The van der Waals surface area contributed by atoms with Gasteiger partial charge in [0, 0.05) is 14.2 Å². The van der Waals surface area contributed by atoms with Gasteiger partial charge in [0.05, 0.1) is 18.6 Å². The highest BCUT2D eigenvalue weighted by Crippen LogP contribution is 2.25. The fourth-order valence-electron chi connectivity index (χ4n) is 2.93. The van der Waals surface area contributed by atoms with Crippen LogP contribution in [0.4, 0.5) is 4.39 Å². The Kier molecular flexibility index (Phi) is 5.31. The van der Waals surface area contributed by atoms with Crippen molar-refractivity contribution in [3.63, 3.8) is 0 Å². The van der Waals surface area contributed by atoms with Crippen LogP contribution in [0.2, 0.25) is 0 Å². The highest BCUT2D eigenvalue weighted by molar-refractivity contribution is 5.78. The van der Waals surface area contributed by atoms with Crippen LogP contribution in [-0.2, 0) is 16.0 Å². The lowest BCUT2D eigenvalue weighted by molar-refractivity contribution is -0.139. The minimum atomic E-state index is -0.676. The number of halogens is 1. The van der Waals surface area contributed by atoms with E-state index in [4.69, 9.17) is 4.74 Å². The highest BCUT2D eigenvalue weighted by Gasteiger charge is 2.35. The van der Waals surface area contributed by atoms with Gasteiger partial charge in [-0.1, -0.05) is 12.1 Å². The van der Waals surface area contributed by atoms with Crippen molar-refractivity contribution in [2.75, 3.05) is 14.2 Å². The molecule has 3 atom stereocenters. The Labute approximate surface area is 124 Å². The minimum Gasteiger partial charge on any atom is -0.388 e. The van der Waals surface area contributed by atoms with E-state index in [0.29, 0.717) is 5.56 Å². The first-order chi connectivity index (χ1) is 10.0. The lowest BCUT2D eigenvalue weighted by Gasteiger charge is -2.39. The maximum atomic E-state index is 13.2. The minimum absolute atomic E-state index is 0.124. The van der Waals surface area contributed by atoms with E-state index in [9.17, 15) is 14.3 Å². The number of aliphatic hydroxyl groups excluding tert-OH is 1. The lowest BCUT2D eigenvalue weighted by atomic mass is 9.88. The van der Waals surface area contributed by atoms with E-state index in [1.54, 1.807) is 31.2 Å². The average Bonchev–Trinajstić information content (AvgIpc) is 2.47. The van der Waals surface area contributed by atoms with Crippen molar-refractivity contribution in [1.82, 2.24) is 4.90 Å². The van der Waals surface area contributed by atoms with Crippen molar-refractivity contribution >= 4 is 5.91 Å². The zero-order valence-corrected chi connectivity index (χ0v) is 12.5. The molecule has 1 aromatic rings. The zero-order chi connectivity index (χ0) is 15.4. The first-order valence-corrected chi connectivity index (χ1v) is 7.24. The van der Waals surface area contributed by atoms with Crippen molar-refractivity contribution in [3.8, 4) is 0 Å². The van der Waals surface area contributed by atoms with Crippen LogP contribution in [0.1, 0.15) is 24.8 Å². The summed E-state index contributed by atoms with van der Waals surface area (Å²) in [6.07, 6.45) is 1.71. The molecule has 5 heteroatoms. The second kappa shape index (κ2) is 7.00. The molecule has 0 aliphatic heterocycles.